The highest BCUT2D eigenvalue weighted by molar-refractivity contribution is 5.95. The summed E-state index contributed by atoms with van der Waals surface area (Å²) >= 11 is 0. The summed E-state index contributed by atoms with van der Waals surface area (Å²) in [6, 6.07) is 3.58. The molecule has 0 fully saturated rings. The highest BCUT2D eigenvalue weighted by Crippen LogP contribution is 2.16. The first-order valence-corrected chi connectivity index (χ1v) is 4.26. The SMILES string of the molecule is COCc1cc2c(C=O)ccnc2[nH]1. The number of hydrogen-bond acceptors (Lipinski definition) is 3. The van der Waals surface area contributed by atoms with Gasteiger partial charge in [-0.05, 0) is 12.1 Å². The summed E-state index contributed by atoms with van der Waals surface area (Å²) in [7, 11) is 1.62. The molecule has 0 radical (unpaired) electrons. The van der Waals surface area contributed by atoms with E-state index in [4.69, 9.17) is 4.74 Å². The second-order valence-corrected chi connectivity index (χ2v) is 3.01. The number of methoxy groups -OCH3 is 1. The third-order valence-electron chi connectivity index (χ3n) is 2.05. The van der Waals surface area contributed by atoms with Gasteiger partial charge >= 0.3 is 0 Å². The van der Waals surface area contributed by atoms with Crippen molar-refractivity contribution in [1.82, 2.24) is 9.97 Å². The van der Waals surface area contributed by atoms with E-state index in [9.17, 15) is 4.79 Å². The Kier molecular flexibility index (Phi) is 2.28. The number of hydrogen-bond donors (Lipinski definition) is 1. The molecule has 0 unspecified atom stereocenters. The summed E-state index contributed by atoms with van der Waals surface area (Å²) in [5, 5.41) is 0.842. The molecule has 0 saturated carbocycles. The number of H-pyrrole nitrogens is 1. The van der Waals surface area contributed by atoms with E-state index in [1.165, 1.54) is 0 Å². The quantitative estimate of drug-likeness (QED) is 0.746. The zero-order valence-corrected chi connectivity index (χ0v) is 7.78. The fraction of sp³-hybridized carbons (Fsp3) is 0.200. The molecule has 1 N–H and O–H groups in total. The van der Waals surface area contributed by atoms with Crippen molar-refractivity contribution in [2.75, 3.05) is 7.11 Å². The molecule has 4 heteroatoms. The Hall–Kier alpha value is -1.68. The van der Waals surface area contributed by atoms with Gasteiger partial charge in [-0.15, -0.1) is 0 Å². The summed E-state index contributed by atoms with van der Waals surface area (Å²) in [6.07, 6.45) is 2.44. The van der Waals surface area contributed by atoms with Gasteiger partial charge in [0, 0.05) is 30.0 Å². The molecule has 72 valence electrons. The second-order valence-electron chi connectivity index (χ2n) is 3.01. The molecule has 2 aromatic heterocycles. The van der Waals surface area contributed by atoms with E-state index >= 15 is 0 Å². The van der Waals surface area contributed by atoms with Crippen LogP contribution in [0, 0.1) is 0 Å². The summed E-state index contributed by atoms with van der Waals surface area (Å²) in [6.45, 7) is 0.495. The second kappa shape index (κ2) is 3.59. The lowest BCUT2D eigenvalue weighted by Gasteiger charge is -1.91. The molecule has 14 heavy (non-hydrogen) atoms. The van der Waals surface area contributed by atoms with Crippen molar-refractivity contribution in [3.05, 3.63) is 29.6 Å². The Morgan fingerprint density at radius 2 is 2.50 bits per heavy atom. The number of aldehydes is 1. The van der Waals surface area contributed by atoms with Crippen molar-refractivity contribution < 1.29 is 9.53 Å². The van der Waals surface area contributed by atoms with Crippen molar-refractivity contribution in [3.8, 4) is 0 Å². The number of rotatable bonds is 3. The molecule has 0 aromatic carbocycles. The van der Waals surface area contributed by atoms with Crippen LogP contribution in [0.2, 0.25) is 0 Å². The fourth-order valence-corrected chi connectivity index (χ4v) is 1.44. The number of pyridine rings is 1. The average Bonchev–Trinajstić information content (AvgIpc) is 2.60. The Morgan fingerprint density at radius 3 is 3.21 bits per heavy atom. The summed E-state index contributed by atoms with van der Waals surface area (Å²) in [5.74, 6) is 0. The van der Waals surface area contributed by atoms with Gasteiger partial charge in [0.15, 0.2) is 6.29 Å². The summed E-state index contributed by atoms with van der Waals surface area (Å²) in [4.78, 5) is 17.9. The van der Waals surface area contributed by atoms with Gasteiger partial charge in [0.2, 0.25) is 0 Å². The van der Waals surface area contributed by atoms with Crippen molar-refractivity contribution >= 4 is 17.3 Å². The number of fused-ring (bicyclic) bond motifs is 1. The number of nitrogens with zero attached hydrogens (tertiary/aromatic N) is 1. The van der Waals surface area contributed by atoms with E-state index in [0.29, 0.717) is 12.2 Å². The molecule has 0 atom stereocenters. The molecule has 0 aliphatic heterocycles. The van der Waals surface area contributed by atoms with E-state index in [0.717, 1.165) is 23.0 Å². The van der Waals surface area contributed by atoms with Crippen LogP contribution >= 0.6 is 0 Å². The van der Waals surface area contributed by atoms with Crippen LogP contribution in [-0.4, -0.2) is 23.4 Å². The third kappa shape index (κ3) is 1.40. The van der Waals surface area contributed by atoms with Gasteiger partial charge in [-0.25, -0.2) is 4.98 Å². The number of ether oxygens (including phenoxy) is 1. The number of carbonyl (C=O) groups is 1. The number of aromatic nitrogens is 2. The Balaban J connectivity index is 2.58. The smallest absolute Gasteiger partial charge is 0.150 e. The van der Waals surface area contributed by atoms with Crippen molar-refractivity contribution in [2.24, 2.45) is 0 Å². The maximum atomic E-state index is 10.7. The van der Waals surface area contributed by atoms with Crippen LogP contribution in [0.25, 0.3) is 11.0 Å². The van der Waals surface area contributed by atoms with Crippen molar-refractivity contribution in [1.29, 1.82) is 0 Å². The largest absolute Gasteiger partial charge is 0.378 e. The van der Waals surface area contributed by atoms with Crippen LogP contribution < -0.4 is 0 Å². The monoisotopic (exact) mass is 190 g/mol. The first-order valence-electron chi connectivity index (χ1n) is 4.26. The zero-order valence-electron chi connectivity index (χ0n) is 7.78. The van der Waals surface area contributed by atoms with Gasteiger partial charge < -0.3 is 9.72 Å². The average molecular weight is 190 g/mol. The number of carbonyl (C=O) groups excluding carboxylic acids is 1. The van der Waals surface area contributed by atoms with Crippen LogP contribution in [0.4, 0.5) is 0 Å². The molecule has 0 aliphatic carbocycles. The van der Waals surface area contributed by atoms with Crippen molar-refractivity contribution in [3.63, 3.8) is 0 Å². The standard InChI is InChI=1S/C10H10N2O2/c1-14-6-8-4-9-7(5-13)2-3-11-10(9)12-8/h2-5H,6H2,1H3,(H,11,12). The van der Waals surface area contributed by atoms with E-state index in [1.54, 1.807) is 19.4 Å². The van der Waals surface area contributed by atoms with Crippen LogP contribution in [0.3, 0.4) is 0 Å². The molecule has 4 nitrogen and oxygen atoms in total. The predicted octanol–water partition coefficient (Wildman–Crippen LogP) is 1.52. The zero-order chi connectivity index (χ0) is 9.97. The summed E-state index contributed by atoms with van der Waals surface area (Å²) in [5.41, 5.74) is 2.29. The lowest BCUT2D eigenvalue weighted by Crippen LogP contribution is -1.85. The van der Waals surface area contributed by atoms with Crippen LogP contribution in [0.15, 0.2) is 18.3 Å². The Morgan fingerprint density at radius 1 is 1.64 bits per heavy atom. The molecule has 0 aliphatic rings. The molecule has 0 spiro atoms. The van der Waals surface area contributed by atoms with Gasteiger partial charge in [0.25, 0.3) is 0 Å². The first-order chi connectivity index (χ1) is 6.85. The maximum Gasteiger partial charge on any atom is 0.150 e. The Bertz CT molecular complexity index is 462. The normalized spacial score (nSPS) is 10.6. The highest BCUT2D eigenvalue weighted by atomic mass is 16.5. The molecule has 2 aromatic rings. The van der Waals surface area contributed by atoms with Gasteiger partial charge in [0.1, 0.15) is 5.65 Å². The van der Waals surface area contributed by atoms with Gasteiger partial charge in [-0.1, -0.05) is 0 Å². The molecular weight excluding hydrogens is 180 g/mol. The van der Waals surface area contributed by atoms with Gasteiger partial charge in [-0.2, -0.15) is 0 Å². The summed E-state index contributed by atoms with van der Waals surface area (Å²) < 4.78 is 4.98. The molecular formula is C10H10N2O2. The molecule has 2 rings (SSSR count). The van der Waals surface area contributed by atoms with Crippen molar-refractivity contribution in [2.45, 2.75) is 6.61 Å². The molecule has 2 heterocycles. The maximum absolute atomic E-state index is 10.7. The lowest BCUT2D eigenvalue weighted by molar-refractivity contribution is 0.112. The molecule has 0 saturated heterocycles. The lowest BCUT2D eigenvalue weighted by atomic mass is 10.2. The van der Waals surface area contributed by atoms with E-state index in [1.807, 2.05) is 6.07 Å². The minimum atomic E-state index is 0.495. The fourth-order valence-electron chi connectivity index (χ4n) is 1.44. The Labute approximate surface area is 80.9 Å². The highest BCUT2D eigenvalue weighted by Gasteiger charge is 2.04. The number of nitrogens with one attached hydrogen (secondary N) is 1. The first kappa shape index (κ1) is 8.90. The molecule has 0 bridgehead atoms. The van der Waals surface area contributed by atoms with Gasteiger partial charge in [-0.3, -0.25) is 4.79 Å². The van der Waals surface area contributed by atoms with E-state index in [2.05, 4.69) is 9.97 Å². The van der Waals surface area contributed by atoms with Crippen LogP contribution in [-0.2, 0) is 11.3 Å². The van der Waals surface area contributed by atoms with Crippen LogP contribution in [0.1, 0.15) is 16.1 Å². The van der Waals surface area contributed by atoms with E-state index in [-0.39, 0.29) is 0 Å². The number of aromatic amines is 1. The van der Waals surface area contributed by atoms with E-state index < -0.39 is 0 Å². The third-order valence-corrected chi connectivity index (χ3v) is 2.05. The van der Waals surface area contributed by atoms with Crippen LogP contribution in [0.5, 0.6) is 0 Å². The van der Waals surface area contributed by atoms with Gasteiger partial charge in [0.05, 0.1) is 6.61 Å². The minimum absolute atomic E-state index is 0.495. The molecule has 0 amide bonds. The minimum Gasteiger partial charge on any atom is -0.378 e. The predicted molar refractivity (Wildman–Crippen MR) is 52.2 cm³/mol. The topological polar surface area (TPSA) is 55.0 Å².